The summed E-state index contributed by atoms with van der Waals surface area (Å²) in [6, 6.07) is 5.82. The smallest absolute Gasteiger partial charge is 0.127 e. The first-order valence-corrected chi connectivity index (χ1v) is 7.49. The second-order valence-electron chi connectivity index (χ2n) is 5.14. The van der Waals surface area contributed by atoms with Gasteiger partial charge in [0.05, 0.1) is 0 Å². The molecule has 0 radical (unpaired) electrons. The van der Waals surface area contributed by atoms with Crippen molar-refractivity contribution in [3.05, 3.63) is 34.1 Å². The molecule has 0 spiro atoms. The zero-order valence-corrected chi connectivity index (χ0v) is 13.1. The van der Waals surface area contributed by atoms with Crippen LogP contribution in [0.15, 0.2) is 22.7 Å². The topological polar surface area (TPSA) is 12.0 Å². The number of halogens is 2. The molecule has 3 heteroatoms. The maximum atomic E-state index is 13.7. The second-order valence-corrected chi connectivity index (χ2v) is 6.05. The highest BCUT2D eigenvalue weighted by atomic mass is 79.9. The van der Waals surface area contributed by atoms with Crippen molar-refractivity contribution in [2.24, 2.45) is 5.92 Å². The van der Waals surface area contributed by atoms with Gasteiger partial charge in [-0.25, -0.2) is 4.39 Å². The van der Waals surface area contributed by atoms with E-state index >= 15 is 0 Å². The van der Waals surface area contributed by atoms with E-state index in [4.69, 9.17) is 0 Å². The minimum absolute atomic E-state index is 0.106. The van der Waals surface area contributed by atoms with E-state index in [2.05, 4.69) is 42.0 Å². The highest BCUT2D eigenvalue weighted by Gasteiger charge is 2.11. The van der Waals surface area contributed by atoms with Gasteiger partial charge in [0.25, 0.3) is 0 Å². The first-order valence-electron chi connectivity index (χ1n) is 6.70. The fourth-order valence-corrected chi connectivity index (χ4v) is 2.56. The molecule has 0 bridgehead atoms. The van der Waals surface area contributed by atoms with E-state index in [0.717, 1.165) is 35.8 Å². The van der Waals surface area contributed by atoms with Crippen molar-refractivity contribution in [3.8, 4) is 0 Å². The van der Waals surface area contributed by atoms with Gasteiger partial charge in [-0.3, -0.25) is 0 Å². The number of benzene rings is 1. The normalized spacial score (nSPS) is 14.5. The summed E-state index contributed by atoms with van der Waals surface area (Å²) in [4.78, 5) is 0. The summed E-state index contributed by atoms with van der Waals surface area (Å²) in [5, 5.41) is 3.47. The lowest BCUT2D eigenvalue weighted by Crippen LogP contribution is -2.28. The van der Waals surface area contributed by atoms with Crippen LogP contribution >= 0.6 is 15.9 Å². The first kappa shape index (κ1) is 15.6. The molecule has 0 heterocycles. The lowest BCUT2D eigenvalue weighted by molar-refractivity contribution is 0.415. The van der Waals surface area contributed by atoms with Gasteiger partial charge in [0.15, 0.2) is 0 Å². The first-order chi connectivity index (χ1) is 8.52. The summed E-state index contributed by atoms with van der Waals surface area (Å²) in [6.07, 6.45) is 3.03. The van der Waals surface area contributed by atoms with Crippen LogP contribution < -0.4 is 5.32 Å². The molecule has 0 aliphatic heterocycles. The standard InChI is InChI=1S/C15H23BrFN/c1-4-7-18-12(3)8-11(2)9-13-5-6-14(16)10-15(13)17/h5-6,10-12,18H,4,7-9H2,1-3H3. The average molecular weight is 316 g/mol. The van der Waals surface area contributed by atoms with Crippen molar-refractivity contribution in [1.29, 1.82) is 0 Å². The molecule has 1 rings (SSSR count). The highest BCUT2D eigenvalue weighted by molar-refractivity contribution is 9.10. The minimum atomic E-state index is -0.106. The van der Waals surface area contributed by atoms with E-state index in [1.807, 2.05) is 12.1 Å². The molecule has 102 valence electrons. The molecule has 18 heavy (non-hydrogen) atoms. The Balaban J connectivity index is 2.46. The molecule has 0 saturated heterocycles. The van der Waals surface area contributed by atoms with Crippen LogP contribution in [0.2, 0.25) is 0 Å². The molecule has 1 nitrogen and oxygen atoms in total. The van der Waals surface area contributed by atoms with Crippen molar-refractivity contribution in [1.82, 2.24) is 5.32 Å². The molecule has 1 N–H and O–H groups in total. The summed E-state index contributed by atoms with van der Waals surface area (Å²) >= 11 is 3.28. The van der Waals surface area contributed by atoms with Crippen LogP contribution in [0.1, 0.15) is 39.2 Å². The molecule has 0 amide bonds. The van der Waals surface area contributed by atoms with Gasteiger partial charge in [0, 0.05) is 10.5 Å². The molecular weight excluding hydrogens is 293 g/mol. The Morgan fingerprint density at radius 3 is 2.67 bits per heavy atom. The Morgan fingerprint density at radius 2 is 2.06 bits per heavy atom. The lowest BCUT2D eigenvalue weighted by Gasteiger charge is -2.18. The molecule has 0 aliphatic rings. The van der Waals surface area contributed by atoms with Gasteiger partial charge in [-0.1, -0.05) is 35.8 Å². The Kier molecular flexibility index (Phi) is 6.87. The summed E-state index contributed by atoms with van der Waals surface area (Å²) in [7, 11) is 0. The van der Waals surface area contributed by atoms with Gasteiger partial charge >= 0.3 is 0 Å². The van der Waals surface area contributed by atoms with Gasteiger partial charge in [-0.15, -0.1) is 0 Å². The Morgan fingerprint density at radius 1 is 1.33 bits per heavy atom. The van der Waals surface area contributed by atoms with Crippen molar-refractivity contribution < 1.29 is 4.39 Å². The summed E-state index contributed by atoms with van der Waals surface area (Å²) in [5.41, 5.74) is 0.813. The van der Waals surface area contributed by atoms with E-state index in [-0.39, 0.29) is 5.82 Å². The van der Waals surface area contributed by atoms with Crippen LogP contribution in [0.5, 0.6) is 0 Å². The van der Waals surface area contributed by atoms with Crippen LogP contribution in [0.3, 0.4) is 0 Å². The number of nitrogens with one attached hydrogen (secondary N) is 1. The van der Waals surface area contributed by atoms with Gasteiger partial charge in [0.1, 0.15) is 5.82 Å². The Bertz CT molecular complexity index is 368. The quantitative estimate of drug-likeness (QED) is 0.778. The molecule has 1 aromatic rings. The predicted octanol–water partition coefficient (Wildman–Crippen LogP) is 4.55. The SMILES string of the molecule is CCCNC(C)CC(C)Cc1ccc(Br)cc1F. The predicted molar refractivity (Wildman–Crippen MR) is 79.3 cm³/mol. The molecule has 0 saturated carbocycles. The molecule has 0 aliphatic carbocycles. The maximum absolute atomic E-state index is 13.7. The van der Waals surface area contributed by atoms with Crippen LogP contribution in [0.4, 0.5) is 4.39 Å². The van der Waals surface area contributed by atoms with Crippen molar-refractivity contribution >= 4 is 15.9 Å². The van der Waals surface area contributed by atoms with E-state index < -0.39 is 0 Å². The maximum Gasteiger partial charge on any atom is 0.127 e. The molecule has 0 fully saturated rings. The largest absolute Gasteiger partial charge is 0.314 e. The van der Waals surface area contributed by atoms with Crippen molar-refractivity contribution in [2.75, 3.05) is 6.54 Å². The van der Waals surface area contributed by atoms with Gasteiger partial charge in [-0.2, -0.15) is 0 Å². The fraction of sp³-hybridized carbons (Fsp3) is 0.600. The summed E-state index contributed by atoms with van der Waals surface area (Å²) in [6.45, 7) is 7.61. The molecular formula is C15H23BrFN. The Labute approximate surface area is 118 Å². The number of rotatable bonds is 7. The number of hydrogen-bond donors (Lipinski definition) is 1. The minimum Gasteiger partial charge on any atom is -0.314 e. The van der Waals surface area contributed by atoms with E-state index in [0.29, 0.717) is 12.0 Å². The third-order valence-electron chi connectivity index (χ3n) is 3.08. The van der Waals surface area contributed by atoms with Gasteiger partial charge in [0.2, 0.25) is 0 Å². The third-order valence-corrected chi connectivity index (χ3v) is 3.58. The van der Waals surface area contributed by atoms with E-state index in [1.54, 1.807) is 6.07 Å². The van der Waals surface area contributed by atoms with Crippen LogP contribution in [0, 0.1) is 11.7 Å². The van der Waals surface area contributed by atoms with Crippen LogP contribution in [-0.4, -0.2) is 12.6 Å². The molecule has 2 atom stereocenters. The zero-order chi connectivity index (χ0) is 13.5. The van der Waals surface area contributed by atoms with Crippen LogP contribution in [-0.2, 0) is 6.42 Å². The molecule has 2 unspecified atom stereocenters. The molecule has 1 aromatic carbocycles. The fourth-order valence-electron chi connectivity index (χ4n) is 2.22. The van der Waals surface area contributed by atoms with Crippen molar-refractivity contribution in [3.63, 3.8) is 0 Å². The highest BCUT2D eigenvalue weighted by Crippen LogP contribution is 2.20. The third kappa shape index (κ3) is 5.49. The second kappa shape index (κ2) is 7.90. The lowest BCUT2D eigenvalue weighted by atomic mass is 9.94. The summed E-state index contributed by atoms with van der Waals surface area (Å²) in [5.74, 6) is 0.380. The van der Waals surface area contributed by atoms with E-state index in [9.17, 15) is 4.39 Å². The summed E-state index contributed by atoms with van der Waals surface area (Å²) < 4.78 is 14.5. The molecule has 0 aromatic heterocycles. The monoisotopic (exact) mass is 315 g/mol. The van der Waals surface area contributed by atoms with Gasteiger partial charge < -0.3 is 5.32 Å². The van der Waals surface area contributed by atoms with Crippen molar-refractivity contribution in [2.45, 2.75) is 46.1 Å². The zero-order valence-electron chi connectivity index (χ0n) is 11.5. The van der Waals surface area contributed by atoms with Crippen LogP contribution in [0.25, 0.3) is 0 Å². The van der Waals surface area contributed by atoms with E-state index in [1.165, 1.54) is 0 Å². The Hall–Kier alpha value is -0.410. The number of hydrogen-bond acceptors (Lipinski definition) is 1. The van der Waals surface area contributed by atoms with Gasteiger partial charge in [-0.05, 0) is 56.3 Å². The average Bonchev–Trinajstić information content (AvgIpc) is 2.30.